The third-order valence-electron chi connectivity index (χ3n) is 2.22. The summed E-state index contributed by atoms with van der Waals surface area (Å²) < 4.78 is 0.864. The van der Waals surface area contributed by atoms with Crippen LogP contribution >= 0.6 is 15.9 Å². The van der Waals surface area contributed by atoms with Crippen LogP contribution in [0.4, 0.5) is 0 Å². The monoisotopic (exact) mass is 281 g/mol. The van der Waals surface area contributed by atoms with Gasteiger partial charge in [0.05, 0.1) is 6.54 Å². The van der Waals surface area contributed by atoms with Crippen molar-refractivity contribution in [3.8, 4) is 0 Å². The van der Waals surface area contributed by atoms with Gasteiger partial charge in [0, 0.05) is 10.0 Å². The molecule has 0 aliphatic heterocycles. The van der Waals surface area contributed by atoms with Crippen LogP contribution in [0.3, 0.4) is 0 Å². The number of carbonyl (C=O) groups excluding carboxylic acids is 1. The van der Waals surface area contributed by atoms with Crippen LogP contribution in [-0.2, 0) is 6.54 Å². The highest BCUT2D eigenvalue weighted by Gasteiger charge is 2.11. The third-order valence-corrected chi connectivity index (χ3v) is 2.86. The first-order chi connectivity index (χ1) is 7.61. The Hall–Kier alpha value is -1.23. The first-order valence-electron chi connectivity index (χ1n) is 5.10. The number of hydrogen-bond donors (Lipinski definition) is 0. The SMILES string of the molecule is CC(C)Cn1nc2c(Br)ccc(C=O)c2n1. The predicted octanol–water partition coefficient (Wildman–Crippen LogP) is 2.66. The van der Waals surface area contributed by atoms with Crippen LogP contribution in [0, 0.1) is 5.92 Å². The van der Waals surface area contributed by atoms with Crippen molar-refractivity contribution in [1.82, 2.24) is 15.0 Å². The summed E-state index contributed by atoms with van der Waals surface area (Å²) in [5.41, 5.74) is 1.98. The average molecular weight is 282 g/mol. The van der Waals surface area contributed by atoms with Crippen LogP contribution in [0.5, 0.6) is 0 Å². The molecule has 0 radical (unpaired) electrons. The largest absolute Gasteiger partial charge is 0.298 e. The lowest BCUT2D eigenvalue weighted by Gasteiger charge is -2.01. The zero-order chi connectivity index (χ0) is 11.7. The van der Waals surface area contributed by atoms with E-state index in [2.05, 4.69) is 40.0 Å². The van der Waals surface area contributed by atoms with E-state index in [1.807, 2.05) is 6.07 Å². The number of aldehydes is 1. The molecule has 4 nitrogen and oxygen atoms in total. The minimum atomic E-state index is 0.472. The van der Waals surface area contributed by atoms with Gasteiger partial charge in [0.25, 0.3) is 0 Å². The van der Waals surface area contributed by atoms with Gasteiger partial charge in [-0.3, -0.25) is 4.79 Å². The summed E-state index contributed by atoms with van der Waals surface area (Å²) in [6.07, 6.45) is 0.809. The summed E-state index contributed by atoms with van der Waals surface area (Å²) in [5, 5.41) is 8.69. The highest BCUT2D eigenvalue weighted by Crippen LogP contribution is 2.23. The van der Waals surface area contributed by atoms with Crippen molar-refractivity contribution in [3.05, 3.63) is 22.2 Å². The molecule has 0 fully saturated rings. The fraction of sp³-hybridized carbons (Fsp3) is 0.364. The zero-order valence-corrected chi connectivity index (χ0v) is 10.7. The van der Waals surface area contributed by atoms with Crippen molar-refractivity contribution in [1.29, 1.82) is 0 Å². The minimum Gasteiger partial charge on any atom is -0.298 e. The van der Waals surface area contributed by atoms with Gasteiger partial charge in [-0.05, 0) is 34.0 Å². The first kappa shape index (κ1) is 11.3. The topological polar surface area (TPSA) is 47.8 Å². The number of carbonyl (C=O) groups is 1. The van der Waals surface area contributed by atoms with E-state index in [-0.39, 0.29) is 0 Å². The van der Waals surface area contributed by atoms with Gasteiger partial charge >= 0.3 is 0 Å². The van der Waals surface area contributed by atoms with E-state index in [1.165, 1.54) is 0 Å². The molecule has 1 aromatic heterocycles. The van der Waals surface area contributed by atoms with E-state index in [4.69, 9.17) is 0 Å². The molecule has 0 atom stereocenters. The molecule has 2 rings (SSSR count). The summed E-state index contributed by atoms with van der Waals surface area (Å²) in [7, 11) is 0. The highest BCUT2D eigenvalue weighted by molar-refractivity contribution is 9.10. The molecule has 1 heterocycles. The summed E-state index contributed by atoms with van der Waals surface area (Å²) in [5.74, 6) is 0.472. The van der Waals surface area contributed by atoms with Crippen molar-refractivity contribution in [3.63, 3.8) is 0 Å². The number of fused-ring (bicyclic) bond motifs is 1. The van der Waals surface area contributed by atoms with Crippen molar-refractivity contribution in [2.45, 2.75) is 20.4 Å². The maximum Gasteiger partial charge on any atom is 0.152 e. The molecule has 1 aromatic carbocycles. The Labute approximate surface area is 102 Å². The molecular weight excluding hydrogens is 270 g/mol. The smallest absolute Gasteiger partial charge is 0.152 e. The van der Waals surface area contributed by atoms with Crippen LogP contribution in [0.1, 0.15) is 24.2 Å². The number of hydrogen-bond acceptors (Lipinski definition) is 3. The van der Waals surface area contributed by atoms with Crippen molar-refractivity contribution in [2.75, 3.05) is 0 Å². The second-order valence-electron chi connectivity index (χ2n) is 4.10. The Morgan fingerprint density at radius 2 is 2.06 bits per heavy atom. The number of aromatic nitrogens is 3. The van der Waals surface area contributed by atoms with Gasteiger partial charge < -0.3 is 0 Å². The molecule has 0 saturated heterocycles. The van der Waals surface area contributed by atoms with Gasteiger partial charge in [-0.15, -0.1) is 0 Å². The van der Waals surface area contributed by atoms with Crippen LogP contribution in [0.25, 0.3) is 11.0 Å². The molecule has 0 bridgehead atoms. The van der Waals surface area contributed by atoms with Crippen molar-refractivity contribution in [2.24, 2.45) is 5.92 Å². The van der Waals surface area contributed by atoms with Gasteiger partial charge in [-0.1, -0.05) is 13.8 Å². The lowest BCUT2D eigenvalue weighted by Crippen LogP contribution is -2.07. The fourth-order valence-electron chi connectivity index (χ4n) is 1.53. The Morgan fingerprint density at radius 1 is 1.38 bits per heavy atom. The molecule has 0 saturated carbocycles. The lowest BCUT2D eigenvalue weighted by atomic mass is 10.2. The number of halogens is 1. The normalized spacial score (nSPS) is 11.2. The van der Waals surface area contributed by atoms with Gasteiger partial charge in [-0.2, -0.15) is 15.0 Å². The minimum absolute atomic E-state index is 0.472. The standard InChI is InChI=1S/C11H12BrN3O/c1-7(2)5-15-13-10-8(6-16)3-4-9(12)11(10)14-15/h3-4,6-7H,5H2,1-2H3. The predicted molar refractivity (Wildman–Crippen MR) is 65.5 cm³/mol. The number of nitrogens with zero attached hydrogens (tertiary/aromatic N) is 3. The van der Waals surface area contributed by atoms with Gasteiger partial charge in [0.1, 0.15) is 11.0 Å². The summed E-state index contributed by atoms with van der Waals surface area (Å²) in [6, 6.07) is 3.56. The Balaban J connectivity index is 2.59. The van der Waals surface area contributed by atoms with Crippen LogP contribution in [0.15, 0.2) is 16.6 Å². The van der Waals surface area contributed by atoms with Crippen LogP contribution in [-0.4, -0.2) is 21.3 Å². The summed E-state index contributed by atoms with van der Waals surface area (Å²) >= 11 is 3.41. The van der Waals surface area contributed by atoms with E-state index in [0.29, 0.717) is 17.0 Å². The van der Waals surface area contributed by atoms with E-state index in [9.17, 15) is 4.79 Å². The van der Waals surface area contributed by atoms with Gasteiger partial charge in [-0.25, -0.2) is 0 Å². The van der Waals surface area contributed by atoms with Crippen LogP contribution < -0.4 is 0 Å². The molecular formula is C11H12BrN3O. The summed E-state index contributed by atoms with van der Waals surface area (Å²) in [6.45, 7) is 4.95. The maximum absolute atomic E-state index is 10.9. The molecule has 0 aliphatic carbocycles. The van der Waals surface area contributed by atoms with Crippen molar-refractivity contribution < 1.29 is 4.79 Å². The van der Waals surface area contributed by atoms with Gasteiger partial charge in [0.15, 0.2) is 6.29 Å². The van der Waals surface area contributed by atoms with Gasteiger partial charge in [0.2, 0.25) is 0 Å². The summed E-state index contributed by atoms with van der Waals surface area (Å²) in [4.78, 5) is 12.5. The third kappa shape index (κ3) is 2.00. The molecule has 84 valence electrons. The molecule has 0 N–H and O–H groups in total. The molecule has 0 aliphatic rings. The van der Waals surface area contributed by atoms with E-state index < -0.39 is 0 Å². The second kappa shape index (κ2) is 4.33. The van der Waals surface area contributed by atoms with Crippen LogP contribution in [0.2, 0.25) is 0 Å². The Kier molecular flexibility index (Phi) is 3.05. The number of rotatable bonds is 3. The molecule has 0 unspecified atom stereocenters. The Bertz CT molecular complexity index is 533. The quantitative estimate of drug-likeness (QED) is 0.813. The molecule has 5 heteroatoms. The Morgan fingerprint density at radius 3 is 2.69 bits per heavy atom. The highest BCUT2D eigenvalue weighted by atomic mass is 79.9. The molecule has 0 amide bonds. The lowest BCUT2D eigenvalue weighted by molar-refractivity contribution is 0.112. The average Bonchev–Trinajstić information content (AvgIpc) is 2.62. The van der Waals surface area contributed by atoms with E-state index >= 15 is 0 Å². The maximum atomic E-state index is 10.9. The first-order valence-corrected chi connectivity index (χ1v) is 5.89. The molecule has 2 aromatic rings. The van der Waals surface area contributed by atoms with E-state index in [0.717, 1.165) is 22.8 Å². The van der Waals surface area contributed by atoms with E-state index in [1.54, 1.807) is 10.9 Å². The second-order valence-corrected chi connectivity index (χ2v) is 4.95. The molecule has 0 spiro atoms. The fourth-order valence-corrected chi connectivity index (χ4v) is 1.93. The zero-order valence-electron chi connectivity index (χ0n) is 9.14. The number of benzene rings is 1. The van der Waals surface area contributed by atoms with Crippen molar-refractivity contribution >= 4 is 33.2 Å². The molecule has 16 heavy (non-hydrogen) atoms.